The van der Waals surface area contributed by atoms with Crippen LogP contribution in [0.5, 0.6) is 11.5 Å². The number of fused-ring (bicyclic) bond motifs is 1. The van der Waals surface area contributed by atoms with E-state index in [9.17, 15) is 9.59 Å². The Morgan fingerprint density at radius 1 is 1.20 bits per heavy atom. The zero-order chi connectivity index (χ0) is 18.4. The van der Waals surface area contributed by atoms with Crippen molar-refractivity contribution < 1.29 is 18.7 Å². The van der Waals surface area contributed by atoms with Gasteiger partial charge < -0.3 is 13.9 Å². The first-order valence-corrected chi connectivity index (χ1v) is 8.00. The SMILES string of the molecule is C=C(C)C(=O)CCC(C)=CCOc1ccc2ccc(=O)oc2c1OC. The van der Waals surface area contributed by atoms with E-state index in [1.54, 1.807) is 25.1 Å². The molecule has 132 valence electrons. The fourth-order valence-electron chi connectivity index (χ4n) is 2.30. The van der Waals surface area contributed by atoms with Crippen LogP contribution in [0.25, 0.3) is 11.0 Å². The molecule has 0 fully saturated rings. The largest absolute Gasteiger partial charge is 0.490 e. The van der Waals surface area contributed by atoms with E-state index in [1.165, 1.54) is 13.2 Å². The van der Waals surface area contributed by atoms with Crippen LogP contribution in [0, 0.1) is 0 Å². The Morgan fingerprint density at radius 3 is 2.60 bits per heavy atom. The number of ketones is 1. The Kier molecular flexibility index (Phi) is 6.17. The van der Waals surface area contributed by atoms with Crippen molar-refractivity contribution in [3.63, 3.8) is 0 Å². The van der Waals surface area contributed by atoms with E-state index in [0.717, 1.165) is 11.0 Å². The van der Waals surface area contributed by atoms with Crippen molar-refractivity contribution in [2.75, 3.05) is 13.7 Å². The third kappa shape index (κ3) is 4.83. The lowest BCUT2D eigenvalue weighted by atomic mass is 10.1. The molecule has 0 N–H and O–H groups in total. The number of rotatable bonds is 8. The minimum Gasteiger partial charge on any atom is -0.490 e. The predicted molar refractivity (Wildman–Crippen MR) is 97.3 cm³/mol. The molecule has 0 spiro atoms. The van der Waals surface area contributed by atoms with E-state index in [4.69, 9.17) is 13.9 Å². The molecule has 0 atom stereocenters. The normalized spacial score (nSPS) is 11.4. The topological polar surface area (TPSA) is 65.7 Å². The lowest BCUT2D eigenvalue weighted by Gasteiger charge is -2.11. The monoisotopic (exact) mass is 342 g/mol. The van der Waals surface area contributed by atoms with Gasteiger partial charge in [0.15, 0.2) is 17.1 Å². The number of carbonyl (C=O) groups is 1. The molecule has 0 saturated carbocycles. The van der Waals surface area contributed by atoms with E-state index in [2.05, 4.69) is 6.58 Å². The van der Waals surface area contributed by atoms with Crippen molar-refractivity contribution in [3.8, 4) is 11.5 Å². The molecular formula is C20H22O5. The maximum absolute atomic E-state index is 11.6. The third-order valence-electron chi connectivity index (χ3n) is 3.81. The van der Waals surface area contributed by atoms with Gasteiger partial charge in [-0.2, -0.15) is 0 Å². The first-order chi connectivity index (χ1) is 11.9. The molecular weight excluding hydrogens is 320 g/mol. The van der Waals surface area contributed by atoms with Crippen LogP contribution in [0.2, 0.25) is 0 Å². The summed E-state index contributed by atoms with van der Waals surface area (Å²) in [5, 5.41) is 0.758. The standard InChI is InChI=1S/C20H22O5/c1-13(2)16(21)8-5-14(3)11-12-24-17-9-6-15-7-10-18(22)25-19(15)20(17)23-4/h6-7,9-11H,1,5,8,12H2,2-4H3. The van der Waals surface area contributed by atoms with Gasteiger partial charge in [-0.1, -0.05) is 12.2 Å². The van der Waals surface area contributed by atoms with Gasteiger partial charge in [-0.15, -0.1) is 0 Å². The summed E-state index contributed by atoms with van der Waals surface area (Å²) >= 11 is 0. The molecule has 0 aliphatic rings. The summed E-state index contributed by atoms with van der Waals surface area (Å²) in [6, 6.07) is 6.62. The molecule has 5 nitrogen and oxygen atoms in total. The lowest BCUT2D eigenvalue weighted by molar-refractivity contribution is -0.115. The fourth-order valence-corrected chi connectivity index (χ4v) is 2.30. The number of ether oxygens (including phenoxy) is 2. The van der Waals surface area contributed by atoms with Crippen molar-refractivity contribution in [2.24, 2.45) is 0 Å². The molecule has 0 radical (unpaired) electrons. The van der Waals surface area contributed by atoms with Crippen LogP contribution in [0.15, 0.2) is 57.3 Å². The van der Waals surface area contributed by atoms with Gasteiger partial charge in [0.1, 0.15) is 6.61 Å². The number of methoxy groups -OCH3 is 1. The van der Waals surface area contributed by atoms with Crippen molar-refractivity contribution >= 4 is 16.8 Å². The Hall–Kier alpha value is -2.82. The van der Waals surface area contributed by atoms with Crippen LogP contribution < -0.4 is 15.1 Å². The van der Waals surface area contributed by atoms with Crippen molar-refractivity contribution in [1.82, 2.24) is 0 Å². The Labute approximate surface area is 146 Å². The second-order valence-electron chi connectivity index (χ2n) is 5.83. The van der Waals surface area contributed by atoms with E-state index in [0.29, 0.717) is 42.1 Å². The van der Waals surface area contributed by atoms with Gasteiger partial charge in [-0.25, -0.2) is 4.79 Å². The van der Waals surface area contributed by atoms with Crippen LogP contribution >= 0.6 is 0 Å². The summed E-state index contributed by atoms with van der Waals surface area (Å²) < 4.78 is 16.3. The molecule has 0 saturated heterocycles. The van der Waals surface area contributed by atoms with Crippen molar-refractivity contribution in [2.45, 2.75) is 26.7 Å². The predicted octanol–water partition coefficient (Wildman–Crippen LogP) is 4.05. The minimum absolute atomic E-state index is 0.0693. The second kappa shape index (κ2) is 8.33. The summed E-state index contributed by atoms with van der Waals surface area (Å²) in [5.74, 6) is 0.949. The quantitative estimate of drug-likeness (QED) is 0.411. The number of benzene rings is 1. The van der Waals surface area contributed by atoms with Gasteiger partial charge in [0, 0.05) is 17.9 Å². The lowest BCUT2D eigenvalue weighted by Crippen LogP contribution is -2.01. The number of allylic oxidation sites excluding steroid dienone is 2. The molecule has 0 amide bonds. The Bertz CT molecular complexity index is 873. The fraction of sp³-hybridized carbons (Fsp3) is 0.300. The van der Waals surface area contributed by atoms with E-state index in [1.807, 2.05) is 13.0 Å². The van der Waals surface area contributed by atoms with Crippen molar-refractivity contribution in [1.29, 1.82) is 0 Å². The molecule has 0 aliphatic heterocycles. The minimum atomic E-state index is -0.444. The molecule has 25 heavy (non-hydrogen) atoms. The number of carbonyl (C=O) groups excluding carboxylic acids is 1. The summed E-state index contributed by atoms with van der Waals surface area (Å²) in [4.78, 5) is 23.0. The molecule has 1 aromatic carbocycles. The highest BCUT2D eigenvalue weighted by atomic mass is 16.5. The van der Waals surface area contributed by atoms with Gasteiger partial charge in [-0.05, 0) is 50.1 Å². The van der Waals surface area contributed by atoms with Gasteiger partial charge in [0.2, 0.25) is 5.75 Å². The van der Waals surface area contributed by atoms with Crippen LogP contribution in [-0.4, -0.2) is 19.5 Å². The molecule has 0 aliphatic carbocycles. The molecule has 2 rings (SSSR count). The number of hydrogen-bond acceptors (Lipinski definition) is 5. The van der Waals surface area contributed by atoms with Gasteiger partial charge >= 0.3 is 5.63 Å². The number of hydrogen-bond donors (Lipinski definition) is 0. The molecule has 0 bridgehead atoms. The van der Waals surface area contributed by atoms with E-state index in [-0.39, 0.29) is 5.78 Å². The molecule has 1 heterocycles. The summed E-state index contributed by atoms with van der Waals surface area (Å²) in [6.45, 7) is 7.64. The molecule has 0 unspecified atom stereocenters. The zero-order valence-electron chi connectivity index (χ0n) is 14.8. The van der Waals surface area contributed by atoms with Crippen LogP contribution in [0.3, 0.4) is 0 Å². The second-order valence-corrected chi connectivity index (χ2v) is 5.83. The highest BCUT2D eigenvalue weighted by molar-refractivity contribution is 5.94. The summed E-state index contributed by atoms with van der Waals surface area (Å²) in [5.41, 5.74) is 1.55. The molecule has 2 aromatic rings. The van der Waals surface area contributed by atoms with Crippen LogP contribution in [0.1, 0.15) is 26.7 Å². The Balaban J connectivity index is 2.07. The average molecular weight is 342 g/mol. The highest BCUT2D eigenvalue weighted by Gasteiger charge is 2.12. The van der Waals surface area contributed by atoms with E-state index < -0.39 is 5.63 Å². The maximum atomic E-state index is 11.6. The summed E-state index contributed by atoms with van der Waals surface area (Å²) in [6.07, 6.45) is 3.03. The summed E-state index contributed by atoms with van der Waals surface area (Å²) in [7, 11) is 1.50. The van der Waals surface area contributed by atoms with Crippen LogP contribution in [-0.2, 0) is 4.79 Å². The average Bonchev–Trinajstić information content (AvgIpc) is 2.59. The maximum Gasteiger partial charge on any atom is 0.336 e. The first kappa shape index (κ1) is 18.5. The smallest absolute Gasteiger partial charge is 0.336 e. The zero-order valence-corrected chi connectivity index (χ0v) is 14.8. The molecule has 1 aromatic heterocycles. The first-order valence-electron chi connectivity index (χ1n) is 8.00. The number of Topliss-reactive ketones (excluding diaryl/α,β-unsaturated/α-hetero) is 1. The molecule has 5 heteroatoms. The van der Waals surface area contributed by atoms with Gasteiger partial charge in [-0.3, -0.25) is 4.79 Å². The van der Waals surface area contributed by atoms with Crippen molar-refractivity contribution in [3.05, 3.63) is 58.5 Å². The van der Waals surface area contributed by atoms with Gasteiger partial charge in [0.05, 0.1) is 7.11 Å². The van der Waals surface area contributed by atoms with E-state index >= 15 is 0 Å². The highest BCUT2D eigenvalue weighted by Crippen LogP contribution is 2.34. The van der Waals surface area contributed by atoms with Gasteiger partial charge in [0.25, 0.3) is 0 Å². The van der Waals surface area contributed by atoms with Crippen LogP contribution in [0.4, 0.5) is 0 Å². The Morgan fingerprint density at radius 2 is 1.92 bits per heavy atom. The third-order valence-corrected chi connectivity index (χ3v) is 3.81.